The van der Waals surface area contributed by atoms with E-state index in [1.807, 2.05) is 0 Å². The van der Waals surface area contributed by atoms with Gasteiger partial charge in [-0.2, -0.15) is 5.10 Å². The summed E-state index contributed by atoms with van der Waals surface area (Å²) in [5.74, 6) is 0. The van der Waals surface area contributed by atoms with Gasteiger partial charge in [-0.15, -0.1) is 0 Å². The predicted molar refractivity (Wildman–Crippen MR) is 43.7 cm³/mol. The zero-order chi connectivity index (χ0) is 7.82. The molecule has 0 aliphatic carbocycles. The lowest BCUT2D eigenvalue weighted by Gasteiger charge is -1.91. The van der Waals surface area contributed by atoms with Crippen molar-refractivity contribution in [3.63, 3.8) is 0 Å². The zero-order valence-corrected chi connectivity index (χ0v) is 6.23. The minimum atomic E-state index is 0.127. The summed E-state index contributed by atoms with van der Waals surface area (Å²) in [7, 11) is 0. The third kappa shape index (κ3) is 7.03. The zero-order valence-electron chi connectivity index (χ0n) is 5.41. The summed E-state index contributed by atoms with van der Waals surface area (Å²) in [5.41, 5.74) is 7.41. The van der Waals surface area contributed by atoms with Crippen LogP contribution in [0.4, 0.5) is 0 Å². The quantitative estimate of drug-likeness (QED) is 0.196. The Bertz CT molecular complexity index is 146. The first-order valence-corrected chi connectivity index (χ1v) is 3.19. The highest BCUT2D eigenvalue weighted by Gasteiger charge is 1.79. The van der Waals surface area contributed by atoms with E-state index in [9.17, 15) is 4.79 Å². The molecule has 0 atom stereocenters. The number of nitrogens with one attached hydrogen (secondary N) is 1. The Kier molecular flexibility index (Phi) is 5.56. The molecule has 0 amide bonds. The van der Waals surface area contributed by atoms with Crippen molar-refractivity contribution in [3.05, 3.63) is 0 Å². The molecule has 0 radical (unpaired) electrons. The van der Waals surface area contributed by atoms with Crippen LogP contribution < -0.4 is 11.2 Å². The molecule has 3 N–H and O–H groups in total. The Morgan fingerprint density at radius 1 is 1.70 bits per heavy atom. The van der Waals surface area contributed by atoms with E-state index < -0.39 is 0 Å². The molecule has 0 aromatic heterocycles. The fraction of sp³-hybridized carbons (Fsp3) is 0.400. The lowest BCUT2D eigenvalue weighted by molar-refractivity contribution is -0.107. The van der Waals surface area contributed by atoms with Crippen molar-refractivity contribution in [2.45, 2.75) is 12.8 Å². The van der Waals surface area contributed by atoms with E-state index in [1.54, 1.807) is 6.21 Å². The molecule has 10 heavy (non-hydrogen) atoms. The van der Waals surface area contributed by atoms with Crippen LogP contribution in [0.1, 0.15) is 12.8 Å². The summed E-state index contributed by atoms with van der Waals surface area (Å²) >= 11 is 4.46. The summed E-state index contributed by atoms with van der Waals surface area (Å²) in [6.45, 7) is 0. The maximum Gasteiger partial charge on any atom is 0.184 e. The van der Waals surface area contributed by atoms with Gasteiger partial charge in [0.15, 0.2) is 5.11 Å². The molecule has 0 rings (SSSR count). The average molecular weight is 159 g/mol. The van der Waals surface area contributed by atoms with E-state index in [1.165, 1.54) is 0 Å². The molecule has 0 bridgehead atoms. The molecular formula is C5H9N3OS. The van der Waals surface area contributed by atoms with E-state index in [4.69, 9.17) is 5.73 Å². The van der Waals surface area contributed by atoms with E-state index in [-0.39, 0.29) is 5.11 Å². The number of carbonyl (C=O) groups excluding carboxylic acids is 1. The van der Waals surface area contributed by atoms with Gasteiger partial charge >= 0.3 is 0 Å². The van der Waals surface area contributed by atoms with Gasteiger partial charge in [-0.1, -0.05) is 0 Å². The molecule has 0 spiro atoms. The van der Waals surface area contributed by atoms with Gasteiger partial charge in [-0.05, 0) is 18.6 Å². The first-order chi connectivity index (χ1) is 4.77. The number of unbranched alkanes of at least 4 members (excludes halogenated alkanes) is 1. The number of hydrogen-bond donors (Lipinski definition) is 2. The molecule has 0 saturated carbocycles. The van der Waals surface area contributed by atoms with E-state index in [0.717, 1.165) is 6.29 Å². The lowest BCUT2D eigenvalue weighted by Crippen LogP contribution is -2.23. The average Bonchev–Trinajstić information content (AvgIpc) is 1.87. The highest BCUT2D eigenvalue weighted by Crippen LogP contribution is 1.76. The van der Waals surface area contributed by atoms with E-state index >= 15 is 0 Å². The summed E-state index contributed by atoms with van der Waals surface area (Å²) in [6.07, 6.45) is 3.46. The molecule has 0 fully saturated rings. The van der Waals surface area contributed by atoms with Crippen LogP contribution in [-0.4, -0.2) is 17.6 Å². The van der Waals surface area contributed by atoms with E-state index in [2.05, 4.69) is 22.7 Å². The third-order valence-electron chi connectivity index (χ3n) is 0.680. The van der Waals surface area contributed by atoms with Crippen LogP contribution in [0.25, 0.3) is 0 Å². The van der Waals surface area contributed by atoms with Gasteiger partial charge in [-0.3, -0.25) is 5.43 Å². The maximum absolute atomic E-state index is 9.77. The monoisotopic (exact) mass is 159 g/mol. The molecule has 0 heterocycles. The minimum absolute atomic E-state index is 0.127. The van der Waals surface area contributed by atoms with Gasteiger partial charge in [0, 0.05) is 12.6 Å². The number of nitrogens with zero attached hydrogens (tertiary/aromatic N) is 1. The van der Waals surface area contributed by atoms with Crippen molar-refractivity contribution in [3.8, 4) is 0 Å². The van der Waals surface area contributed by atoms with Crippen molar-refractivity contribution in [2.75, 3.05) is 0 Å². The first kappa shape index (κ1) is 9.03. The molecule has 0 saturated heterocycles. The molecule has 0 aromatic carbocycles. The smallest absolute Gasteiger partial charge is 0.184 e. The number of hydrazone groups is 1. The van der Waals surface area contributed by atoms with Crippen LogP contribution in [0.3, 0.4) is 0 Å². The fourth-order valence-electron chi connectivity index (χ4n) is 0.316. The van der Waals surface area contributed by atoms with Gasteiger partial charge in [-0.25, -0.2) is 0 Å². The minimum Gasteiger partial charge on any atom is -0.375 e. The van der Waals surface area contributed by atoms with Crippen molar-refractivity contribution in [1.82, 2.24) is 5.43 Å². The van der Waals surface area contributed by atoms with Crippen molar-refractivity contribution in [1.29, 1.82) is 0 Å². The Hall–Kier alpha value is -0.970. The normalized spacial score (nSPS) is 9.60. The van der Waals surface area contributed by atoms with Crippen LogP contribution >= 0.6 is 12.2 Å². The second-order valence-electron chi connectivity index (χ2n) is 1.53. The summed E-state index contributed by atoms with van der Waals surface area (Å²) in [6, 6.07) is 0. The SMILES string of the molecule is NC(=S)N/N=C\CCC=O. The molecule has 56 valence electrons. The predicted octanol–water partition coefficient (Wildman–Crippen LogP) is -0.216. The van der Waals surface area contributed by atoms with E-state index in [0.29, 0.717) is 12.8 Å². The van der Waals surface area contributed by atoms with Crippen LogP contribution in [-0.2, 0) is 4.79 Å². The fourth-order valence-corrected chi connectivity index (χ4v) is 0.369. The third-order valence-corrected chi connectivity index (χ3v) is 0.771. The Balaban J connectivity index is 3.20. The molecule has 0 aliphatic heterocycles. The Labute approximate surface area is 64.5 Å². The molecule has 4 nitrogen and oxygen atoms in total. The molecule has 0 aromatic rings. The van der Waals surface area contributed by atoms with Crippen molar-refractivity contribution in [2.24, 2.45) is 10.8 Å². The Morgan fingerprint density at radius 2 is 2.40 bits per heavy atom. The van der Waals surface area contributed by atoms with Crippen LogP contribution in [0.5, 0.6) is 0 Å². The molecule has 0 aliphatic rings. The van der Waals surface area contributed by atoms with Crippen molar-refractivity contribution < 1.29 is 4.79 Å². The van der Waals surface area contributed by atoms with Crippen LogP contribution in [0.15, 0.2) is 5.10 Å². The number of thiocarbonyl (C=S) groups is 1. The molecule has 0 unspecified atom stereocenters. The molecule has 5 heteroatoms. The van der Waals surface area contributed by atoms with Gasteiger partial charge in [0.25, 0.3) is 0 Å². The van der Waals surface area contributed by atoms with Gasteiger partial charge in [0.1, 0.15) is 6.29 Å². The standard InChI is InChI=1S/C5H9N3OS/c6-5(10)8-7-3-1-2-4-9/h3-4H,1-2H2,(H3,6,8,10)/b7-3-. The Morgan fingerprint density at radius 3 is 2.90 bits per heavy atom. The van der Waals surface area contributed by atoms with Gasteiger partial charge < -0.3 is 10.5 Å². The second kappa shape index (κ2) is 6.15. The second-order valence-corrected chi connectivity index (χ2v) is 1.97. The van der Waals surface area contributed by atoms with Crippen LogP contribution in [0, 0.1) is 0 Å². The summed E-state index contributed by atoms with van der Waals surface area (Å²) in [5, 5.41) is 3.74. The van der Waals surface area contributed by atoms with Crippen molar-refractivity contribution >= 4 is 29.8 Å². The van der Waals surface area contributed by atoms with Crippen LogP contribution in [0.2, 0.25) is 0 Å². The number of aldehydes is 1. The number of carbonyl (C=O) groups is 1. The van der Waals surface area contributed by atoms with Gasteiger partial charge in [0.2, 0.25) is 0 Å². The lowest BCUT2D eigenvalue weighted by atomic mass is 10.4. The highest BCUT2D eigenvalue weighted by molar-refractivity contribution is 7.80. The highest BCUT2D eigenvalue weighted by atomic mass is 32.1. The molecular weight excluding hydrogens is 150 g/mol. The largest absolute Gasteiger partial charge is 0.375 e. The summed E-state index contributed by atoms with van der Waals surface area (Å²) in [4.78, 5) is 9.77. The number of hydrogen-bond acceptors (Lipinski definition) is 3. The van der Waals surface area contributed by atoms with Gasteiger partial charge in [0.05, 0.1) is 0 Å². The summed E-state index contributed by atoms with van der Waals surface area (Å²) < 4.78 is 0. The maximum atomic E-state index is 9.77. The first-order valence-electron chi connectivity index (χ1n) is 2.78. The topological polar surface area (TPSA) is 67.5 Å². The number of nitrogens with two attached hydrogens (primary N) is 1. The number of rotatable bonds is 4.